The van der Waals surface area contributed by atoms with Gasteiger partial charge in [0.2, 0.25) is 0 Å². The van der Waals surface area contributed by atoms with Gasteiger partial charge in [-0.15, -0.1) is 0 Å². The molecule has 0 saturated carbocycles. The largest absolute Gasteiger partial charge is 0.322 e. The van der Waals surface area contributed by atoms with Crippen LogP contribution in [0.25, 0.3) is 0 Å². The lowest BCUT2D eigenvalue weighted by Gasteiger charge is -2.09. The normalized spacial score (nSPS) is 10.2. The minimum Gasteiger partial charge on any atom is -0.322 e. The molecule has 26 heavy (non-hydrogen) atoms. The van der Waals surface area contributed by atoms with Gasteiger partial charge in [-0.05, 0) is 61.5 Å². The molecule has 3 aromatic carbocycles. The molecule has 0 radical (unpaired) electrons. The summed E-state index contributed by atoms with van der Waals surface area (Å²) in [6.45, 7) is 1.94. The Balaban J connectivity index is 1.65. The van der Waals surface area contributed by atoms with E-state index in [1.807, 2.05) is 37.3 Å². The highest BCUT2D eigenvalue weighted by Crippen LogP contribution is 2.17. The molecule has 3 rings (SSSR count). The Hall–Kier alpha value is -2.92. The van der Waals surface area contributed by atoms with Gasteiger partial charge >= 0.3 is 0 Å². The maximum atomic E-state index is 12.3. The van der Waals surface area contributed by atoms with Crippen LogP contribution in [0.15, 0.2) is 77.3 Å². The molecule has 0 unspecified atom stereocenters. The zero-order chi connectivity index (χ0) is 18.5. The van der Waals surface area contributed by atoms with Gasteiger partial charge in [-0.25, -0.2) is 0 Å². The fourth-order valence-corrected chi connectivity index (χ4v) is 2.86. The van der Waals surface area contributed by atoms with Crippen molar-refractivity contribution in [2.45, 2.75) is 6.92 Å². The second-order valence-corrected chi connectivity index (χ2v) is 6.78. The first-order chi connectivity index (χ1) is 12.5. The summed E-state index contributed by atoms with van der Waals surface area (Å²) in [4.78, 5) is 24.5. The van der Waals surface area contributed by atoms with Crippen molar-refractivity contribution < 1.29 is 9.59 Å². The topological polar surface area (TPSA) is 58.2 Å². The lowest BCUT2D eigenvalue weighted by Crippen LogP contribution is -2.13. The zero-order valence-electron chi connectivity index (χ0n) is 14.1. The molecule has 2 amide bonds. The van der Waals surface area contributed by atoms with E-state index in [2.05, 4.69) is 26.6 Å². The minimum absolute atomic E-state index is 0.167. The summed E-state index contributed by atoms with van der Waals surface area (Å²) < 4.78 is 0.847. The fraction of sp³-hybridized carbons (Fsp3) is 0.0476. The first kappa shape index (κ1) is 17.9. The Kier molecular flexibility index (Phi) is 5.49. The number of amides is 2. The van der Waals surface area contributed by atoms with Gasteiger partial charge in [-0.3, -0.25) is 9.59 Å². The number of carbonyl (C=O) groups excluding carboxylic acids is 2. The summed E-state index contributed by atoms with van der Waals surface area (Å²) in [5, 5.41) is 5.68. The van der Waals surface area contributed by atoms with Gasteiger partial charge in [0.15, 0.2) is 0 Å². The van der Waals surface area contributed by atoms with Crippen molar-refractivity contribution in [1.29, 1.82) is 0 Å². The quantitative estimate of drug-likeness (QED) is 0.618. The van der Waals surface area contributed by atoms with Crippen LogP contribution < -0.4 is 10.6 Å². The first-order valence-corrected chi connectivity index (χ1v) is 8.85. The van der Waals surface area contributed by atoms with E-state index in [9.17, 15) is 9.59 Å². The van der Waals surface area contributed by atoms with Gasteiger partial charge in [0.05, 0.1) is 0 Å². The average Bonchev–Trinajstić information content (AvgIpc) is 2.63. The summed E-state index contributed by atoms with van der Waals surface area (Å²) in [5.41, 5.74) is 3.52. The molecule has 0 atom stereocenters. The van der Waals surface area contributed by atoms with Gasteiger partial charge < -0.3 is 10.6 Å². The second kappa shape index (κ2) is 7.97. The van der Waals surface area contributed by atoms with E-state index in [-0.39, 0.29) is 11.8 Å². The monoisotopic (exact) mass is 408 g/mol. The van der Waals surface area contributed by atoms with E-state index in [1.54, 1.807) is 42.5 Å². The maximum Gasteiger partial charge on any atom is 0.255 e. The number of nitrogens with one attached hydrogen (secondary N) is 2. The minimum atomic E-state index is -0.192. The number of aryl methyl sites for hydroxylation is 1. The number of carbonyl (C=O) groups is 2. The molecule has 0 aliphatic heterocycles. The van der Waals surface area contributed by atoms with Crippen molar-refractivity contribution in [1.82, 2.24) is 0 Å². The van der Waals surface area contributed by atoms with Crippen molar-refractivity contribution in [2.75, 3.05) is 10.6 Å². The van der Waals surface area contributed by atoms with Crippen LogP contribution in [0.4, 0.5) is 11.4 Å². The highest BCUT2D eigenvalue weighted by Gasteiger charge is 2.08. The first-order valence-electron chi connectivity index (χ1n) is 8.06. The molecule has 0 heterocycles. The Morgan fingerprint density at radius 1 is 0.731 bits per heavy atom. The van der Waals surface area contributed by atoms with Crippen LogP contribution in [-0.4, -0.2) is 11.8 Å². The lowest BCUT2D eigenvalue weighted by atomic mass is 10.1. The van der Waals surface area contributed by atoms with E-state index >= 15 is 0 Å². The van der Waals surface area contributed by atoms with Gasteiger partial charge in [0.1, 0.15) is 0 Å². The van der Waals surface area contributed by atoms with Gasteiger partial charge in [-0.1, -0.05) is 39.7 Å². The number of hydrogen-bond acceptors (Lipinski definition) is 2. The number of anilines is 2. The molecule has 3 aromatic rings. The van der Waals surface area contributed by atoms with Gasteiger partial charge in [0, 0.05) is 27.0 Å². The third-order valence-electron chi connectivity index (χ3n) is 3.77. The van der Waals surface area contributed by atoms with Gasteiger partial charge in [0.25, 0.3) is 11.8 Å². The molecule has 0 aliphatic rings. The zero-order valence-corrected chi connectivity index (χ0v) is 15.7. The molecule has 5 heteroatoms. The molecule has 4 nitrogen and oxygen atoms in total. The molecule has 0 spiro atoms. The summed E-state index contributed by atoms with van der Waals surface area (Å²) in [6, 6.07) is 21.6. The summed E-state index contributed by atoms with van der Waals surface area (Å²) in [6.07, 6.45) is 0. The number of hydrogen-bond donors (Lipinski definition) is 2. The van der Waals surface area contributed by atoms with Crippen LogP contribution in [0.2, 0.25) is 0 Å². The Labute approximate surface area is 160 Å². The van der Waals surface area contributed by atoms with E-state index in [0.29, 0.717) is 22.5 Å². The number of halogens is 1. The number of rotatable bonds is 4. The molecule has 0 aliphatic carbocycles. The highest BCUT2D eigenvalue weighted by molar-refractivity contribution is 9.10. The van der Waals surface area contributed by atoms with Crippen LogP contribution in [0, 0.1) is 6.92 Å². The van der Waals surface area contributed by atoms with Gasteiger partial charge in [-0.2, -0.15) is 0 Å². The lowest BCUT2D eigenvalue weighted by molar-refractivity contribution is 0.101. The maximum absolute atomic E-state index is 12.3. The van der Waals surface area contributed by atoms with Crippen molar-refractivity contribution in [2.24, 2.45) is 0 Å². The van der Waals surface area contributed by atoms with Crippen LogP contribution in [-0.2, 0) is 0 Å². The average molecular weight is 409 g/mol. The molecule has 0 bridgehead atoms. The number of benzene rings is 3. The standard InChI is InChI=1S/C21H17BrN2O2/c1-14-4-2-5-15(12-14)20(25)23-18-8-10-19(11-9-18)24-21(26)16-6-3-7-17(22)13-16/h2-13H,1H3,(H,23,25)(H,24,26). The highest BCUT2D eigenvalue weighted by atomic mass is 79.9. The summed E-state index contributed by atoms with van der Waals surface area (Å²) in [5.74, 6) is -0.359. The Morgan fingerprint density at radius 3 is 1.73 bits per heavy atom. The molecule has 2 N–H and O–H groups in total. The second-order valence-electron chi connectivity index (χ2n) is 5.87. The predicted molar refractivity (Wildman–Crippen MR) is 108 cm³/mol. The van der Waals surface area contributed by atoms with E-state index in [0.717, 1.165) is 10.0 Å². The Morgan fingerprint density at radius 2 is 1.23 bits per heavy atom. The van der Waals surface area contributed by atoms with Crippen LogP contribution in [0.1, 0.15) is 26.3 Å². The summed E-state index contributed by atoms with van der Waals surface area (Å²) >= 11 is 3.35. The van der Waals surface area contributed by atoms with E-state index in [1.165, 1.54) is 0 Å². The van der Waals surface area contributed by atoms with Crippen LogP contribution in [0.3, 0.4) is 0 Å². The molecular weight excluding hydrogens is 392 g/mol. The fourth-order valence-electron chi connectivity index (χ4n) is 2.46. The third kappa shape index (κ3) is 4.58. The van der Waals surface area contributed by atoms with E-state index in [4.69, 9.17) is 0 Å². The molecule has 0 saturated heterocycles. The molecule has 0 fully saturated rings. The van der Waals surface area contributed by atoms with Crippen LogP contribution >= 0.6 is 15.9 Å². The summed E-state index contributed by atoms with van der Waals surface area (Å²) in [7, 11) is 0. The van der Waals surface area contributed by atoms with Crippen molar-refractivity contribution in [3.63, 3.8) is 0 Å². The SMILES string of the molecule is Cc1cccc(C(=O)Nc2ccc(NC(=O)c3cccc(Br)c3)cc2)c1. The molecular formula is C21H17BrN2O2. The van der Waals surface area contributed by atoms with Crippen molar-refractivity contribution in [3.8, 4) is 0 Å². The third-order valence-corrected chi connectivity index (χ3v) is 4.26. The predicted octanol–water partition coefficient (Wildman–Crippen LogP) is 5.26. The van der Waals surface area contributed by atoms with E-state index < -0.39 is 0 Å². The Bertz CT molecular complexity index is 874. The van der Waals surface area contributed by atoms with Crippen LogP contribution in [0.5, 0.6) is 0 Å². The molecule has 130 valence electrons. The molecule has 0 aromatic heterocycles. The smallest absolute Gasteiger partial charge is 0.255 e. The van der Waals surface area contributed by atoms with Crippen molar-refractivity contribution >= 4 is 39.1 Å². The van der Waals surface area contributed by atoms with Crippen molar-refractivity contribution in [3.05, 3.63) is 94.0 Å².